The van der Waals surface area contributed by atoms with E-state index < -0.39 is 5.82 Å². The molecule has 4 rings (SSSR count). The number of carbonyl (C=O) groups excluding carboxylic acids is 1. The summed E-state index contributed by atoms with van der Waals surface area (Å²) in [5.41, 5.74) is 2.71. The Labute approximate surface area is 191 Å². The smallest absolute Gasteiger partial charge is 0.255 e. The van der Waals surface area contributed by atoms with Gasteiger partial charge in [0.05, 0.1) is 18.2 Å². The number of hydrogen-bond donors (Lipinski definition) is 0. The molecule has 1 amide bonds. The van der Waals surface area contributed by atoms with Gasteiger partial charge in [-0.2, -0.15) is 4.80 Å². The van der Waals surface area contributed by atoms with Crippen molar-refractivity contribution < 1.29 is 9.18 Å². The number of rotatable bonds is 7. The Morgan fingerprint density at radius 1 is 1.09 bits per heavy atom. The Hall–Kier alpha value is -4.01. The molecule has 2 aromatic carbocycles. The van der Waals surface area contributed by atoms with Gasteiger partial charge in [0.25, 0.3) is 5.91 Å². The standard InChI is InChI=1S/C24H24FN7O/c1-4-31(17(3)15-32-29-22(28-30-32)18-8-6-16(2)7-9-18)24(33)21-14-19(25)10-11-20(21)23-26-12-5-13-27-23/h5-14,17H,4,15H2,1-3H3/t17-/m0/s1. The van der Waals surface area contributed by atoms with E-state index in [1.54, 1.807) is 23.4 Å². The van der Waals surface area contributed by atoms with Crippen LogP contribution >= 0.6 is 0 Å². The summed E-state index contributed by atoms with van der Waals surface area (Å²) in [6.07, 6.45) is 3.17. The zero-order valence-corrected chi connectivity index (χ0v) is 18.7. The minimum Gasteiger partial charge on any atom is -0.334 e. The van der Waals surface area contributed by atoms with E-state index in [1.807, 2.05) is 45.0 Å². The average Bonchev–Trinajstić information content (AvgIpc) is 3.28. The molecule has 2 aromatic heterocycles. The third-order valence-electron chi connectivity index (χ3n) is 5.34. The number of aryl methyl sites for hydroxylation is 1. The molecule has 8 nitrogen and oxygen atoms in total. The molecule has 0 aliphatic rings. The normalized spacial score (nSPS) is 11.9. The van der Waals surface area contributed by atoms with Crippen molar-refractivity contribution >= 4 is 5.91 Å². The second-order valence-electron chi connectivity index (χ2n) is 7.74. The van der Waals surface area contributed by atoms with Crippen LogP contribution in [0.1, 0.15) is 29.8 Å². The maximum absolute atomic E-state index is 14.1. The van der Waals surface area contributed by atoms with Crippen LogP contribution in [0.2, 0.25) is 0 Å². The predicted molar refractivity (Wildman–Crippen MR) is 122 cm³/mol. The van der Waals surface area contributed by atoms with Gasteiger partial charge in [-0.15, -0.1) is 10.2 Å². The van der Waals surface area contributed by atoms with Crippen LogP contribution in [0.4, 0.5) is 4.39 Å². The summed E-state index contributed by atoms with van der Waals surface area (Å²) in [6.45, 7) is 6.54. The summed E-state index contributed by atoms with van der Waals surface area (Å²) >= 11 is 0. The first kappa shape index (κ1) is 22.2. The topological polar surface area (TPSA) is 89.7 Å². The molecule has 33 heavy (non-hydrogen) atoms. The third kappa shape index (κ3) is 4.92. The lowest BCUT2D eigenvalue weighted by atomic mass is 10.0. The minimum atomic E-state index is -0.498. The van der Waals surface area contributed by atoms with E-state index >= 15 is 0 Å². The number of carbonyl (C=O) groups is 1. The molecule has 0 saturated carbocycles. The Balaban J connectivity index is 1.56. The van der Waals surface area contributed by atoms with Gasteiger partial charge in [0.2, 0.25) is 5.82 Å². The maximum Gasteiger partial charge on any atom is 0.255 e. The number of benzene rings is 2. The molecular formula is C24H24FN7O. The van der Waals surface area contributed by atoms with Gasteiger partial charge in [-0.3, -0.25) is 4.79 Å². The Bertz CT molecular complexity index is 1240. The Kier molecular flexibility index (Phi) is 6.48. The molecule has 0 unspecified atom stereocenters. The molecule has 0 saturated heterocycles. The first-order valence-electron chi connectivity index (χ1n) is 10.7. The summed E-state index contributed by atoms with van der Waals surface area (Å²) in [7, 11) is 0. The van der Waals surface area contributed by atoms with Crippen molar-refractivity contribution in [1.82, 2.24) is 35.1 Å². The van der Waals surface area contributed by atoms with E-state index in [-0.39, 0.29) is 17.5 Å². The molecule has 0 fully saturated rings. The van der Waals surface area contributed by atoms with Gasteiger partial charge in [0, 0.05) is 30.1 Å². The fraction of sp³-hybridized carbons (Fsp3) is 0.250. The largest absolute Gasteiger partial charge is 0.334 e. The van der Waals surface area contributed by atoms with Crippen LogP contribution in [0.5, 0.6) is 0 Å². The monoisotopic (exact) mass is 445 g/mol. The van der Waals surface area contributed by atoms with Gasteiger partial charge in [-0.05, 0) is 50.3 Å². The summed E-state index contributed by atoms with van der Waals surface area (Å²) in [5.74, 6) is 0.0729. The van der Waals surface area contributed by atoms with Crippen molar-refractivity contribution in [3.8, 4) is 22.8 Å². The van der Waals surface area contributed by atoms with Crippen molar-refractivity contribution in [2.75, 3.05) is 6.54 Å². The van der Waals surface area contributed by atoms with Gasteiger partial charge in [-0.1, -0.05) is 29.8 Å². The third-order valence-corrected chi connectivity index (χ3v) is 5.34. The Morgan fingerprint density at radius 3 is 2.52 bits per heavy atom. The molecule has 9 heteroatoms. The molecule has 1 atom stereocenters. The maximum atomic E-state index is 14.1. The van der Waals surface area contributed by atoms with E-state index in [2.05, 4.69) is 25.4 Å². The van der Waals surface area contributed by atoms with Crippen LogP contribution in [-0.4, -0.2) is 53.6 Å². The average molecular weight is 446 g/mol. The SMILES string of the molecule is CCN(C(=O)c1cc(F)ccc1-c1ncccn1)[C@@H](C)Cn1nnc(-c2ccc(C)cc2)n1. The first-order chi connectivity index (χ1) is 16.0. The molecule has 0 N–H and O–H groups in total. The number of hydrogen-bond acceptors (Lipinski definition) is 6. The highest BCUT2D eigenvalue weighted by Crippen LogP contribution is 2.23. The van der Waals surface area contributed by atoms with E-state index in [1.165, 1.54) is 23.0 Å². The van der Waals surface area contributed by atoms with Gasteiger partial charge in [0.15, 0.2) is 5.82 Å². The predicted octanol–water partition coefficient (Wildman–Crippen LogP) is 3.80. The van der Waals surface area contributed by atoms with Crippen molar-refractivity contribution in [1.29, 1.82) is 0 Å². The molecule has 0 radical (unpaired) electrons. The van der Waals surface area contributed by atoms with Crippen molar-refractivity contribution in [3.05, 3.63) is 77.9 Å². The molecule has 0 bridgehead atoms. The van der Waals surface area contributed by atoms with Crippen molar-refractivity contribution in [2.24, 2.45) is 0 Å². The van der Waals surface area contributed by atoms with Gasteiger partial charge in [-0.25, -0.2) is 14.4 Å². The lowest BCUT2D eigenvalue weighted by molar-refractivity contribution is 0.0680. The fourth-order valence-corrected chi connectivity index (χ4v) is 3.61. The van der Waals surface area contributed by atoms with Crippen LogP contribution in [0, 0.1) is 12.7 Å². The Morgan fingerprint density at radius 2 is 1.82 bits per heavy atom. The zero-order chi connectivity index (χ0) is 23.4. The summed E-state index contributed by atoms with van der Waals surface area (Å²) in [6, 6.07) is 13.3. The molecule has 0 aliphatic heterocycles. The fourth-order valence-electron chi connectivity index (χ4n) is 3.61. The highest BCUT2D eigenvalue weighted by molar-refractivity contribution is 6.00. The van der Waals surface area contributed by atoms with Gasteiger partial charge < -0.3 is 4.90 Å². The minimum absolute atomic E-state index is 0.210. The molecule has 2 heterocycles. The number of tetrazole rings is 1. The van der Waals surface area contributed by atoms with Crippen LogP contribution < -0.4 is 0 Å². The molecule has 168 valence electrons. The molecule has 4 aromatic rings. The van der Waals surface area contributed by atoms with Crippen LogP contribution in [0.15, 0.2) is 60.9 Å². The van der Waals surface area contributed by atoms with Crippen molar-refractivity contribution in [2.45, 2.75) is 33.4 Å². The second-order valence-corrected chi connectivity index (χ2v) is 7.74. The summed E-state index contributed by atoms with van der Waals surface area (Å²) in [4.78, 5) is 25.0. The van der Waals surface area contributed by atoms with E-state index in [0.29, 0.717) is 30.3 Å². The first-order valence-corrected chi connectivity index (χ1v) is 10.7. The van der Waals surface area contributed by atoms with Gasteiger partial charge in [0.1, 0.15) is 5.82 Å². The number of amides is 1. The van der Waals surface area contributed by atoms with Crippen LogP contribution in [0.3, 0.4) is 0 Å². The lowest BCUT2D eigenvalue weighted by Gasteiger charge is -2.28. The number of nitrogens with zero attached hydrogens (tertiary/aromatic N) is 7. The van der Waals surface area contributed by atoms with Crippen LogP contribution in [0.25, 0.3) is 22.8 Å². The molecule has 0 aliphatic carbocycles. The zero-order valence-electron chi connectivity index (χ0n) is 18.7. The summed E-state index contributed by atoms with van der Waals surface area (Å²) < 4.78 is 14.1. The number of halogens is 1. The van der Waals surface area contributed by atoms with Crippen LogP contribution in [-0.2, 0) is 6.54 Å². The van der Waals surface area contributed by atoms with Crippen molar-refractivity contribution in [3.63, 3.8) is 0 Å². The van der Waals surface area contributed by atoms with E-state index in [0.717, 1.165) is 11.1 Å². The highest BCUT2D eigenvalue weighted by Gasteiger charge is 2.25. The van der Waals surface area contributed by atoms with E-state index in [9.17, 15) is 9.18 Å². The molecule has 0 spiro atoms. The quantitative estimate of drug-likeness (QED) is 0.430. The molecular weight excluding hydrogens is 421 g/mol. The highest BCUT2D eigenvalue weighted by atomic mass is 19.1. The lowest BCUT2D eigenvalue weighted by Crippen LogP contribution is -2.41. The number of likely N-dealkylation sites (N-methyl/N-ethyl adjacent to an activating group) is 1. The van der Waals surface area contributed by atoms with E-state index in [4.69, 9.17) is 0 Å². The second kappa shape index (κ2) is 9.64. The number of aromatic nitrogens is 6. The summed E-state index contributed by atoms with van der Waals surface area (Å²) in [5, 5.41) is 12.7. The van der Waals surface area contributed by atoms with Gasteiger partial charge >= 0.3 is 0 Å².